The number of fused-ring (bicyclic) bond motifs is 1. The minimum atomic E-state index is -0.390. The van der Waals surface area contributed by atoms with Gasteiger partial charge in [-0.05, 0) is 50.0 Å². The first-order chi connectivity index (χ1) is 11.9. The lowest BCUT2D eigenvalue weighted by atomic mass is 10.1. The number of rotatable bonds is 5. The molecule has 0 aliphatic rings. The van der Waals surface area contributed by atoms with Crippen molar-refractivity contribution in [3.05, 3.63) is 75.7 Å². The predicted molar refractivity (Wildman–Crippen MR) is 93.0 cm³/mol. The summed E-state index contributed by atoms with van der Waals surface area (Å²) in [6, 6.07) is 9.85. The third-order valence-corrected chi connectivity index (χ3v) is 3.83. The van der Waals surface area contributed by atoms with Gasteiger partial charge in [-0.2, -0.15) is 0 Å². The van der Waals surface area contributed by atoms with Gasteiger partial charge in [0.1, 0.15) is 11.5 Å². The second-order valence-corrected chi connectivity index (χ2v) is 6.14. The van der Waals surface area contributed by atoms with Crippen molar-refractivity contribution < 1.29 is 9.18 Å². The maximum atomic E-state index is 13.8. The fourth-order valence-electron chi connectivity index (χ4n) is 2.66. The van der Waals surface area contributed by atoms with Gasteiger partial charge in [-0.3, -0.25) is 9.20 Å². The molecule has 0 saturated carbocycles. The maximum absolute atomic E-state index is 13.8. The number of hydrogen-bond donors (Lipinski definition) is 2. The summed E-state index contributed by atoms with van der Waals surface area (Å²) < 4.78 is 15.2. The normalized spacial score (nSPS) is 11.2. The first-order valence-electron chi connectivity index (χ1n) is 7.84. The SMILES string of the molecule is CN(C)Cc1cc(CNC(=O)c2cc3cccn3c(=O)[nH]2)ccc1F. The Morgan fingerprint density at radius 3 is 2.84 bits per heavy atom. The Balaban J connectivity index is 1.74. The third kappa shape index (κ3) is 3.77. The number of hydrogen-bond acceptors (Lipinski definition) is 3. The van der Waals surface area contributed by atoms with E-state index in [1.807, 2.05) is 19.0 Å². The van der Waals surface area contributed by atoms with Crippen molar-refractivity contribution in [2.45, 2.75) is 13.1 Å². The summed E-state index contributed by atoms with van der Waals surface area (Å²) in [5.74, 6) is -0.661. The van der Waals surface area contributed by atoms with E-state index in [1.165, 1.54) is 10.5 Å². The number of carbonyl (C=O) groups is 1. The zero-order valence-corrected chi connectivity index (χ0v) is 14.0. The van der Waals surface area contributed by atoms with Crippen molar-refractivity contribution in [1.29, 1.82) is 0 Å². The van der Waals surface area contributed by atoms with E-state index in [2.05, 4.69) is 10.3 Å². The smallest absolute Gasteiger partial charge is 0.330 e. The lowest BCUT2D eigenvalue weighted by molar-refractivity contribution is 0.0945. The van der Waals surface area contributed by atoms with Gasteiger partial charge in [0.05, 0.1) is 5.52 Å². The van der Waals surface area contributed by atoms with Crippen LogP contribution < -0.4 is 11.0 Å². The minimum Gasteiger partial charge on any atom is -0.347 e. The number of nitrogens with one attached hydrogen (secondary N) is 2. The summed E-state index contributed by atoms with van der Waals surface area (Å²) in [5, 5.41) is 2.74. The van der Waals surface area contributed by atoms with E-state index in [9.17, 15) is 14.0 Å². The van der Waals surface area contributed by atoms with Gasteiger partial charge >= 0.3 is 5.69 Å². The van der Waals surface area contributed by atoms with E-state index in [4.69, 9.17) is 0 Å². The first-order valence-corrected chi connectivity index (χ1v) is 7.84. The number of aromatic nitrogens is 2. The molecule has 0 aliphatic carbocycles. The van der Waals surface area contributed by atoms with Crippen LogP contribution in [0.4, 0.5) is 4.39 Å². The Hall–Kier alpha value is -2.93. The Bertz CT molecular complexity index is 975. The molecule has 3 aromatic rings. The lowest BCUT2D eigenvalue weighted by Gasteiger charge is -2.12. The largest absolute Gasteiger partial charge is 0.347 e. The van der Waals surface area contributed by atoms with E-state index in [0.717, 1.165) is 5.56 Å². The Labute approximate surface area is 143 Å². The molecule has 3 rings (SSSR count). The number of amides is 1. The molecule has 7 heteroatoms. The summed E-state index contributed by atoms with van der Waals surface area (Å²) in [5.41, 5.74) is 1.82. The molecule has 0 radical (unpaired) electrons. The van der Waals surface area contributed by atoms with Gasteiger partial charge in [0, 0.05) is 24.8 Å². The lowest BCUT2D eigenvalue weighted by Crippen LogP contribution is -2.27. The summed E-state index contributed by atoms with van der Waals surface area (Å²) in [6.07, 6.45) is 1.63. The number of halogens is 1. The molecule has 130 valence electrons. The molecular weight excluding hydrogens is 323 g/mol. The summed E-state index contributed by atoms with van der Waals surface area (Å²) in [6.45, 7) is 0.722. The second-order valence-electron chi connectivity index (χ2n) is 6.14. The fourth-order valence-corrected chi connectivity index (χ4v) is 2.66. The maximum Gasteiger partial charge on any atom is 0.330 e. The number of aromatic amines is 1. The van der Waals surface area contributed by atoms with Gasteiger partial charge in [0.25, 0.3) is 5.91 Å². The van der Waals surface area contributed by atoms with Crippen molar-refractivity contribution in [2.75, 3.05) is 14.1 Å². The molecule has 2 N–H and O–H groups in total. The van der Waals surface area contributed by atoms with Gasteiger partial charge in [0.2, 0.25) is 0 Å². The molecule has 0 atom stereocenters. The molecule has 1 amide bonds. The van der Waals surface area contributed by atoms with Gasteiger partial charge in [-0.1, -0.05) is 6.07 Å². The van der Waals surface area contributed by atoms with Crippen molar-refractivity contribution >= 4 is 11.4 Å². The van der Waals surface area contributed by atoms with E-state index in [-0.39, 0.29) is 29.7 Å². The summed E-state index contributed by atoms with van der Waals surface area (Å²) in [7, 11) is 3.73. The van der Waals surface area contributed by atoms with E-state index in [0.29, 0.717) is 17.6 Å². The van der Waals surface area contributed by atoms with E-state index in [1.54, 1.807) is 36.5 Å². The number of benzene rings is 1. The van der Waals surface area contributed by atoms with Crippen molar-refractivity contribution in [3.63, 3.8) is 0 Å². The average Bonchev–Trinajstić information content (AvgIpc) is 3.04. The zero-order valence-electron chi connectivity index (χ0n) is 14.0. The number of carbonyl (C=O) groups excluding carboxylic acids is 1. The molecule has 0 saturated heterocycles. The topological polar surface area (TPSA) is 69.6 Å². The van der Waals surface area contributed by atoms with Gasteiger partial charge in [-0.15, -0.1) is 0 Å². The number of nitrogens with zero attached hydrogens (tertiary/aromatic N) is 2. The Morgan fingerprint density at radius 1 is 1.28 bits per heavy atom. The molecule has 0 fully saturated rings. The Kier molecular flexibility index (Phi) is 4.67. The van der Waals surface area contributed by atoms with Crippen LogP contribution in [0.25, 0.3) is 5.52 Å². The quantitative estimate of drug-likeness (QED) is 0.742. The number of H-pyrrole nitrogens is 1. The second kappa shape index (κ2) is 6.90. The fraction of sp³-hybridized carbons (Fsp3) is 0.222. The van der Waals surface area contributed by atoms with Crippen LogP contribution in [0.2, 0.25) is 0 Å². The van der Waals surface area contributed by atoms with Crippen LogP contribution in [-0.2, 0) is 13.1 Å². The third-order valence-electron chi connectivity index (χ3n) is 3.83. The highest BCUT2D eigenvalue weighted by molar-refractivity contribution is 5.93. The van der Waals surface area contributed by atoms with E-state index < -0.39 is 0 Å². The standard InChI is InChI=1S/C18H19FN4O2/c1-22(2)11-13-8-12(5-6-15(13)19)10-20-17(24)16-9-14-4-3-7-23(14)18(25)21-16/h3-9H,10-11H2,1-2H3,(H,20,24)(H,21,25). The molecule has 0 aliphatic heterocycles. The van der Waals surface area contributed by atoms with Gasteiger partial charge in [0.15, 0.2) is 0 Å². The highest BCUT2D eigenvalue weighted by Gasteiger charge is 2.10. The molecule has 2 heterocycles. The van der Waals surface area contributed by atoms with Crippen molar-refractivity contribution in [1.82, 2.24) is 19.6 Å². The molecular formula is C18H19FN4O2. The predicted octanol–water partition coefficient (Wildman–Crippen LogP) is 1.76. The van der Waals surface area contributed by atoms with Crippen LogP contribution >= 0.6 is 0 Å². The van der Waals surface area contributed by atoms with Crippen LogP contribution in [0.1, 0.15) is 21.6 Å². The first kappa shape index (κ1) is 16.9. The zero-order chi connectivity index (χ0) is 18.0. The summed E-state index contributed by atoms with van der Waals surface area (Å²) >= 11 is 0. The van der Waals surface area contributed by atoms with Crippen LogP contribution in [-0.4, -0.2) is 34.3 Å². The highest BCUT2D eigenvalue weighted by Crippen LogP contribution is 2.12. The molecule has 1 aromatic carbocycles. The van der Waals surface area contributed by atoms with Crippen LogP contribution in [0, 0.1) is 5.82 Å². The average molecular weight is 342 g/mol. The van der Waals surface area contributed by atoms with Crippen molar-refractivity contribution in [3.8, 4) is 0 Å². The molecule has 0 bridgehead atoms. The molecule has 2 aromatic heterocycles. The Morgan fingerprint density at radius 2 is 2.08 bits per heavy atom. The summed E-state index contributed by atoms with van der Waals surface area (Å²) in [4.78, 5) is 28.6. The van der Waals surface area contributed by atoms with Crippen LogP contribution in [0.5, 0.6) is 0 Å². The molecule has 0 spiro atoms. The highest BCUT2D eigenvalue weighted by atomic mass is 19.1. The van der Waals surface area contributed by atoms with Gasteiger partial charge < -0.3 is 15.2 Å². The van der Waals surface area contributed by atoms with E-state index >= 15 is 0 Å². The van der Waals surface area contributed by atoms with Crippen LogP contribution in [0.15, 0.2) is 47.4 Å². The monoisotopic (exact) mass is 342 g/mol. The van der Waals surface area contributed by atoms with Crippen molar-refractivity contribution in [2.24, 2.45) is 0 Å². The molecule has 0 unspecified atom stereocenters. The van der Waals surface area contributed by atoms with Gasteiger partial charge in [-0.25, -0.2) is 9.18 Å². The minimum absolute atomic E-state index is 0.187. The molecule has 6 nitrogen and oxygen atoms in total. The van der Waals surface area contributed by atoms with Crippen LogP contribution in [0.3, 0.4) is 0 Å². The molecule has 25 heavy (non-hydrogen) atoms.